The maximum absolute atomic E-state index is 15.0. The van der Waals surface area contributed by atoms with Crippen molar-refractivity contribution in [2.45, 2.75) is 52.6 Å². The van der Waals surface area contributed by atoms with Crippen molar-refractivity contribution >= 4 is 0 Å². The SMILES string of the molecule is CCCCc1ccc(OCc2ccc(-c3ccc(-c4ccc(CCC)cc4)c(F)c3F)cc2)cc1F. The van der Waals surface area contributed by atoms with Crippen molar-refractivity contribution in [1.82, 2.24) is 0 Å². The Bertz CT molecular complexity index is 1290. The van der Waals surface area contributed by atoms with Crippen molar-refractivity contribution in [2.24, 2.45) is 0 Å². The van der Waals surface area contributed by atoms with Crippen LogP contribution in [0.2, 0.25) is 0 Å². The summed E-state index contributed by atoms with van der Waals surface area (Å²) in [5.74, 6) is -1.52. The van der Waals surface area contributed by atoms with Gasteiger partial charge >= 0.3 is 0 Å². The Balaban J connectivity index is 1.45. The highest BCUT2D eigenvalue weighted by Gasteiger charge is 2.16. The summed E-state index contributed by atoms with van der Waals surface area (Å²) in [6.45, 7) is 4.43. The average Bonchev–Trinajstić information content (AvgIpc) is 2.90. The smallest absolute Gasteiger partial charge is 0.167 e. The summed E-state index contributed by atoms with van der Waals surface area (Å²) >= 11 is 0. The van der Waals surface area contributed by atoms with E-state index in [4.69, 9.17) is 4.74 Å². The first kappa shape index (κ1) is 25.6. The lowest BCUT2D eigenvalue weighted by molar-refractivity contribution is 0.304. The first-order valence-corrected chi connectivity index (χ1v) is 12.6. The highest BCUT2D eigenvalue weighted by atomic mass is 19.2. The van der Waals surface area contributed by atoms with Crippen LogP contribution in [0.25, 0.3) is 22.3 Å². The number of rotatable bonds is 10. The molecule has 4 heteroatoms. The summed E-state index contributed by atoms with van der Waals surface area (Å²) in [6, 6.07) is 22.9. The van der Waals surface area contributed by atoms with Crippen molar-refractivity contribution in [3.63, 3.8) is 0 Å². The Morgan fingerprint density at radius 3 is 1.72 bits per heavy atom. The fourth-order valence-corrected chi connectivity index (χ4v) is 4.27. The van der Waals surface area contributed by atoms with Crippen molar-refractivity contribution in [1.29, 1.82) is 0 Å². The first-order chi connectivity index (χ1) is 17.5. The fourth-order valence-electron chi connectivity index (χ4n) is 4.27. The Labute approximate surface area is 211 Å². The van der Waals surface area contributed by atoms with Crippen LogP contribution in [0, 0.1) is 17.5 Å². The predicted molar refractivity (Wildman–Crippen MR) is 141 cm³/mol. The zero-order valence-electron chi connectivity index (χ0n) is 20.8. The van der Waals surface area contributed by atoms with E-state index in [0.29, 0.717) is 28.9 Å². The molecule has 0 aromatic heterocycles. The summed E-state index contributed by atoms with van der Waals surface area (Å²) < 4.78 is 50.0. The van der Waals surface area contributed by atoms with Gasteiger partial charge in [0.2, 0.25) is 0 Å². The third kappa shape index (κ3) is 5.99. The Morgan fingerprint density at radius 1 is 0.611 bits per heavy atom. The van der Waals surface area contributed by atoms with Crippen LogP contribution in [0.1, 0.15) is 49.8 Å². The first-order valence-electron chi connectivity index (χ1n) is 12.6. The molecule has 0 saturated carbocycles. The molecule has 0 atom stereocenters. The van der Waals surface area contributed by atoms with Crippen LogP contribution >= 0.6 is 0 Å². The second-order valence-corrected chi connectivity index (χ2v) is 9.08. The lowest BCUT2D eigenvalue weighted by Gasteiger charge is -2.11. The molecular weight excluding hydrogens is 457 g/mol. The van der Waals surface area contributed by atoms with Crippen LogP contribution in [-0.4, -0.2) is 0 Å². The lowest BCUT2D eigenvalue weighted by Crippen LogP contribution is -1.98. The number of benzene rings is 4. The van der Waals surface area contributed by atoms with Crippen molar-refractivity contribution in [3.05, 3.63) is 113 Å². The number of aryl methyl sites for hydroxylation is 2. The van der Waals surface area contributed by atoms with E-state index in [1.165, 1.54) is 11.6 Å². The van der Waals surface area contributed by atoms with E-state index >= 15 is 4.39 Å². The maximum Gasteiger partial charge on any atom is 0.167 e. The molecule has 0 aliphatic heterocycles. The highest BCUT2D eigenvalue weighted by Crippen LogP contribution is 2.32. The van der Waals surface area contributed by atoms with Crippen LogP contribution in [0.15, 0.2) is 78.9 Å². The van der Waals surface area contributed by atoms with Crippen LogP contribution < -0.4 is 4.74 Å². The fraction of sp³-hybridized carbons (Fsp3) is 0.250. The summed E-state index contributed by atoms with van der Waals surface area (Å²) in [5.41, 5.74) is 4.40. The Morgan fingerprint density at radius 2 is 1.19 bits per heavy atom. The second-order valence-electron chi connectivity index (χ2n) is 9.08. The van der Waals surface area contributed by atoms with Gasteiger partial charge in [0.1, 0.15) is 18.2 Å². The van der Waals surface area contributed by atoms with Gasteiger partial charge in [-0.25, -0.2) is 13.2 Å². The molecular formula is C32H31F3O. The molecule has 0 radical (unpaired) electrons. The summed E-state index contributed by atoms with van der Waals surface area (Å²) in [7, 11) is 0. The molecule has 0 spiro atoms. The third-order valence-corrected chi connectivity index (χ3v) is 6.38. The topological polar surface area (TPSA) is 9.23 Å². The Hall–Kier alpha value is -3.53. The molecule has 0 saturated heterocycles. The highest BCUT2D eigenvalue weighted by molar-refractivity contribution is 5.72. The minimum Gasteiger partial charge on any atom is -0.489 e. The quantitative estimate of drug-likeness (QED) is 0.216. The number of hydrogen-bond donors (Lipinski definition) is 0. The molecule has 0 aliphatic carbocycles. The molecule has 4 aromatic carbocycles. The average molecular weight is 489 g/mol. The number of ether oxygens (including phenoxy) is 1. The Kier molecular flexibility index (Phi) is 8.48. The van der Waals surface area contributed by atoms with E-state index in [2.05, 4.69) is 13.8 Å². The van der Waals surface area contributed by atoms with Gasteiger partial charge in [0.05, 0.1) is 0 Å². The maximum atomic E-state index is 15.0. The molecule has 4 aromatic rings. The van der Waals surface area contributed by atoms with Gasteiger partial charge in [-0.3, -0.25) is 0 Å². The van der Waals surface area contributed by atoms with E-state index < -0.39 is 11.6 Å². The molecule has 1 nitrogen and oxygen atoms in total. The molecule has 0 unspecified atom stereocenters. The predicted octanol–water partition coefficient (Wildman–Crippen LogP) is 9.31. The van der Waals surface area contributed by atoms with E-state index in [1.54, 1.807) is 48.5 Å². The van der Waals surface area contributed by atoms with Gasteiger partial charge in [-0.1, -0.05) is 93.4 Å². The zero-order valence-corrected chi connectivity index (χ0v) is 20.8. The molecule has 0 aliphatic rings. The molecule has 36 heavy (non-hydrogen) atoms. The molecule has 0 amide bonds. The number of halogens is 3. The molecule has 0 fully saturated rings. The minimum atomic E-state index is -0.868. The van der Waals surface area contributed by atoms with Crippen LogP contribution in [0.3, 0.4) is 0 Å². The van der Waals surface area contributed by atoms with Gasteiger partial charge < -0.3 is 4.74 Å². The van der Waals surface area contributed by atoms with E-state index in [1.807, 2.05) is 24.3 Å². The van der Waals surface area contributed by atoms with Crippen LogP contribution in [0.4, 0.5) is 13.2 Å². The molecule has 0 heterocycles. The van der Waals surface area contributed by atoms with Crippen molar-refractivity contribution in [2.75, 3.05) is 0 Å². The number of hydrogen-bond acceptors (Lipinski definition) is 1. The molecule has 0 bridgehead atoms. The monoisotopic (exact) mass is 488 g/mol. The van der Waals surface area contributed by atoms with Gasteiger partial charge in [0.25, 0.3) is 0 Å². The van der Waals surface area contributed by atoms with Crippen molar-refractivity contribution < 1.29 is 17.9 Å². The van der Waals surface area contributed by atoms with Gasteiger partial charge in [0.15, 0.2) is 11.6 Å². The third-order valence-electron chi connectivity index (χ3n) is 6.38. The van der Waals surface area contributed by atoms with Gasteiger partial charge in [-0.05, 0) is 53.1 Å². The summed E-state index contributed by atoms with van der Waals surface area (Å²) in [4.78, 5) is 0. The van der Waals surface area contributed by atoms with E-state index in [0.717, 1.165) is 31.2 Å². The second kappa shape index (κ2) is 11.9. The van der Waals surface area contributed by atoms with Crippen LogP contribution in [0.5, 0.6) is 5.75 Å². The van der Waals surface area contributed by atoms with Crippen molar-refractivity contribution in [3.8, 4) is 28.0 Å². The van der Waals surface area contributed by atoms with E-state index in [9.17, 15) is 8.78 Å². The van der Waals surface area contributed by atoms with Gasteiger partial charge in [0, 0.05) is 17.2 Å². The van der Waals surface area contributed by atoms with Gasteiger partial charge in [-0.15, -0.1) is 0 Å². The summed E-state index contributed by atoms with van der Waals surface area (Å²) in [6.07, 6.45) is 4.67. The summed E-state index contributed by atoms with van der Waals surface area (Å²) in [5, 5.41) is 0. The molecule has 186 valence electrons. The number of unbranched alkanes of at least 4 members (excludes halogenated alkanes) is 1. The largest absolute Gasteiger partial charge is 0.489 e. The van der Waals surface area contributed by atoms with E-state index in [-0.39, 0.29) is 23.6 Å². The van der Waals surface area contributed by atoms with Gasteiger partial charge in [-0.2, -0.15) is 0 Å². The zero-order chi connectivity index (χ0) is 25.5. The molecule has 4 rings (SSSR count). The van der Waals surface area contributed by atoms with Crippen LogP contribution in [-0.2, 0) is 19.4 Å². The molecule has 0 N–H and O–H groups in total. The minimum absolute atomic E-state index is 0.205. The standard InChI is InChI=1S/C32H31F3O/c1-3-5-7-26-16-17-27(20-30(26)33)36-21-23-10-14-25(15-11-23)29-19-18-28(31(34)32(29)35)24-12-8-22(6-4-2)9-13-24/h8-20H,3-7,21H2,1-2H3. The lowest BCUT2D eigenvalue weighted by atomic mass is 9.97. The normalized spacial score (nSPS) is 11.0.